The number of amides is 1. The van der Waals surface area contributed by atoms with E-state index in [-0.39, 0.29) is 12.5 Å². The van der Waals surface area contributed by atoms with Gasteiger partial charge in [-0.15, -0.1) is 11.3 Å². The zero-order valence-electron chi connectivity index (χ0n) is 8.95. The number of carbonyl (C=O) groups is 1. The molecule has 0 aliphatic rings. The van der Waals surface area contributed by atoms with E-state index in [1.165, 1.54) is 5.01 Å². The number of aromatic nitrogens is 1. The van der Waals surface area contributed by atoms with Crippen molar-refractivity contribution in [3.63, 3.8) is 0 Å². The maximum Gasteiger partial charge on any atom is 0.233 e. The Kier molecular flexibility index (Phi) is 5.28. The van der Waals surface area contributed by atoms with Gasteiger partial charge < -0.3 is 11.1 Å². The van der Waals surface area contributed by atoms with Gasteiger partial charge in [-0.25, -0.2) is 4.98 Å². The summed E-state index contributed by atoms with van der Waals surface area (Å²) in [7, 11) is 0. The minimum atomic E-state index is -0.0832. The first-order valence-electron chi connectivity index (χ1n) is 5.10. The van der Waals surface area contributed by atoms with Gasteiger partial charge in [0.05, 0.1) is 11.6 Å². The molecule has 84 valence electrons. The molecule has 0 bridgehead atoms. The largest absolute Gasteiger partial charge is 0.355 e. The van der Waals surface area contributed by atoms with Crippen molar-refractivity contribution in [2.45, 2.75) is 26.2 Å². The fraction of sp³-hybridized carbons (Fsp3) is 0.600. The van der Waals surface area contributed by atoms with Crippen LogP contribution in [-0.4, -0.2) is 24.0 Å². The first-order valence-corrected chi connectivity index (χ1v) is 5.98. The van der Waals surface area contributed by atoms with Crippen molar-refractivity contribution in [1.82, 2.24) is 10.3 Å². The summed E-state index contributed by atoms with van der Waals surface area (Å²) in [6.07, 6.45) is 3.03. The standard InChI is InChI=1S/C10H17N3OS/c1-8-7-15-10(13-8)4-2-3-5-12-9(14)6-11/h7H,2-6,11H2,1H3,(H,12,14). The molecule has 0 radical (unpaired) electrons. The zero-order valence-corrected chi connectivity index (χ0v) is 9.77. The Labute approximate surface area is 93.9 Å². The Balaban J connectivity index is 2.05. The van der Waals surface area contributed by atoms with Gasteiger partial charge in [0.2, 0.25) is 5.91 Å². The number of thiazole rings is 1. The molecule has 0 atom stereocenters. The van der Waals surface area contributed by atoms with Crippen LogP contribution < -0.4 is 11.1 Å². The average Bonchev–Trinajstić information content (AvgIpc) is 2.63. The lowest BCUT2D eigenvalue weighted by Gasteiger charge is -2.01. The Morgan fingerprint density at radius 1 is 1.60 bits per heavy atom. The van der Waals surface area contributed by atoms with Crippen molar-refractivity contribution >= 4 is 17.2 Å². The molecular formula is C10H17N3OS. The zero-order chi connectivity index (χ0) is 11.1. The summed E-state index contributed by atoms with van der Waals surface area (Å²) in [5.74, 6) is -0.0832. The minimum absolute atomic E-state index is 0.0751. The smallest absolute Gasteiger partial charge is 0.233 e. The third-order valence-corrected chi connectivity index (χ3v) is 3.02. The highest BCUT2D eigenvalue weighted by molar-refractivity contribution is 7.09. The third-order valence-electron chi connectivity index (χ3n) is 1.99. The number of nitrogens with zero attached hydrogens (tertiary/aromatic N) is 1. The van der Waals surface area contributed by atoms with Crippen molar-refractivity contribution in [3.8, 4) is 0 Å². The summed E-state index contributed by atoms with van der Waals surface area (Å²) in [6.45, 7) is 2.79. The third kappa shape index (κ3) is 4.90. The number of aryl methyl sites for hydroxylation is 2. The second kappa shape index (κ2) is 6.53. The van der Waals surface area contributed by atoms with E-state index in [9.17, 15) is 4.79 Å². The Morgan fingerprint density at radius 2 is 2.40 bits per heavy atom. The van der Waals surface area contributed by atoms with Crippen LogP contribution in [0, 0.1) is 6.92 Å². The van der Waals surface area contributed by atoms with Gasteiger partial charge >= 0.3 is 0 Å². The molecule has 1 rings (SSSR count). The predicted octanol–water partition coefficient (Wildman–Crippen LogP) is 0.849. The highest BCUT2D eigenvalue weighted by Gasteiger charge is 1.99. The molecule has 15 heavy (non-hydrogen) atoms. The van der Waals surface area contributed by atoms with Gasteiger partial charge in [0, 0.05) is 17.6 Å². The minimum Gasteiger partial charge on any atom is -0.355 e. The number of nitrogens with two attached hydrogens (primary N) is 1. The van der Waals surface area contributed by atoms with Crippen LogP contribution in [0.25, 0.3) is 0 Å². The van der Waals surface area contributed by atoms with Gasteiger partial charge in [-0.05, 0) is 26.2 Å². The number of rotatable bonds is 6. The van der Waals surface area contributed by atoms with E-state index in [0.717, 1.165) is 25.0 Å². The van der Waals surface area contributed by atoms with E-state index in [0.29, 0.717) is 6.54 Å². The Morgan fingerprint density at radius 3 is 3.00 bits per heavy atom. The summed E-state index contributed by atoms with van der Waals surface area (Å²) < 4.78 is 0. The molecule has 0 unspecified atom stereocenters. The molecule has 1 aromatic heterocycles. The Bertz CT molecular complexity index is 311. The number of carbonyl (C=O) groups excluding carboxylic acids is 1. The molecule has 1 amide bonds. The lowest BCUT2D eigenvalue weighted by atomic mass is 10.2. The summed E-state index contributed by atoms with van der Waals surface area (Å²) in [6, 6.07) is 0. The van der Waals surface area contributed by atoms with Crippen LogP contribution in [0.4, 0.5) is 0 Å². The molecule has 1 heterocycles. The van der Waals surface area contributed by atoms with Crippen molar-refractivity contribution < 1.29 is 4.79 Å². The normalized spacial score (nSPS) is 10.3. The van der Waals surface area contributed by atoms with Crippen molar-refractivity contribution in [1.29, 1.82) is 0 Å². The van der Waals surface area contributed by atoms with Crippen LogP contribution in [0.1, 0.15) is 23.5 Å². The lowest BCUT2D eigenvalue weighted by Crippen LogP contribution is -2.30. The topological polar surface area (TPSA) is 68.0 Å². The molecule has 0 aromatic carbocycles. The van der Waals surface area contributed by atoms with Crippen LogP contribution >= 0.6 is 11.3 Å². The lowest BCUT2D eigenvalue weighted by molar-refractivity contribution is -0.119. The fourth-order valence-electron chi connectivity index (χ4n) is 1.22. The average molecular weight is 227 g/mol. The van der Waals surface area contributed by atoms with Gasteiger partial charge in [0.15, 0.2) is 0 Å². The van der Waals surface area contributed by atoms with Crippen molar-refractivity contribution in [2.75, 3.05) is 13.1 Å². The van der Waals surface area contributed by atoms with E-state index in [1.54, 1.807) is 11.3 Å². The molecule has 5 heteroatoms. The first-order chi connectivity index (χ1) is 7.22. The number of hydrogen-bond donors (Lipinski definition) is 2. The van der Waals surface area contributed by atoms with Crippen molar-refractivity contribution in [2.24, 2.45) is 5.73 Å². The van der Waals surface area contributed by atoms with Crippen LogP contribution in [0.3, 0.4) is 0 Å². The molecule has 1 aromatic rings. The summed E-state index contributed by atoms with van der Waals surface area (Å²) in [5, 5.41) is 5.98. The second-order valence-corrected chi connectivity index (χ2v) is 4.34. The van der Waals surface area contributed by atoms with E-state index >= 15 is 0 Å². The number of hydrogen-bond acceptors (Lipinski definition) is 4. The molecular weight excluding hydrogens is 210 g/mol. The molecule has 0 fully saturated rings. The highest BCUT2D eigenvalue weighted by atomic mass is 32.1. The SMILES string of the molecule is Cc1csc(CCCCNC(=O)CN)n1. The summed E-state index contributed by atoms with van der Waals surface area (Å²) >= 11 is 1.70. The van der Waals surface area contributed by atoms with Crippen LogP contribution in [0.5, 0.6) is 0 Å². The molecule has 3 N–H and O–H groups in total. The maximum atomic E-state index is 10.8. The van der Waals surface area contributed by atoms with E-state index in [1.807, 2.05) is 6.92 Å². The van der Waals surface area contributed by atoms with Gasteiger partial charge in [-0.2, -0.15) is 0 Å². The van der Waals surface area contributed by atoms with Gasteiger partial charge in [-0.3, -0.25) is 4.79 Å². The van der Waals surface area contributed by atoms with Crippen LogP contribution in [-0.2, 0) is 11.2 Å². The Hall–Kier alpha value is -0.940. The maximum absolute atomic E-state index is 10.8. The number of unbranched alkanes of at least 4 members (excludes halogenated alkanes) is 1. The molecule has 0 saturated carbocycles. The summed E-state index contributed by atoms with van der Waals surface area (Å²) in [4.78, 5) is 15.2. The summed E-state index contributed by atoms with van der Waals surface area (Å²) in [5.41, 5.74) is 6.25. The van der Waals surface area contributed by atoms with Crippen LogP contribution in [0.15, 0.2) is 5.38 Å². The van der Waals surface area contributed by atoms with E-state index in [4.69, 9.17) is 5.73 Å². The van der Waals surface area contributed by atoms with Gasteiger partial charge in [-0.1, -0.05) is 0 Å². The van der Waals surface area contributed by atoms with Crippen molar-refractivity contribution in [3.05, 3.63) is 16.1 Å². The van der Waals surface area contributed by atoms with Gasteiger partial charge in [0.25, 0.3) is 0 Å². The molecule has 0 aliphatic carbocycles. The highest BCUT2D eigenvalue weighted by Crippen LogP contribution is 2.11. The molecule has 0 saturated heterocycles. The number of nitrogens with one attached hydrogen (secondary N) is 1. The fourth-order valence-corrected chi connectivity index (χ4v) is 2.04. The van der Waals surface area contributed by atoms with E-state index in [2.05, 4.69) is 15.7 Å². The van der Waals surface area contributed by atoms with Gasteiger partial charge in [0.1, 0.15) is 0 Å². The first kappa shape index (κ1) is 12.1. The monoisotopic (exact) mass is 227 g/mol. The second-order valence-electron chi connectivity index (χ2n) is 3.39. The quantitative estimate of drug-likeness (QED) is 0.708. The predicted molar refractivity (Wildman–Crippen MR) is 61.9 cm³/mol. The molecule has 0 spiro atoms. The van der Waals surface area contributed by atoms with Crippen LogP contribution in [0.2, 0.25) is 0 Å². The molecule has 4 nitrogen and oxygen atoms in total. The van der Waals surface area contributed by atoms with E-state index < -0.39 is 0 Å². The molecule has 0 aliphatic heterocycles.